The van der Waals surface area contributed by atoms with E-state index in [0.29, 0.717) is 0 Å². The van der Waals surface area contributed by atoms with Gasteiger partial charge in [-0.1, -0.05) is 40.8 Å². The molecule has 0 aliphatic carbocycles. The highest BCUT2D eigenvalue weighted by molar-refractivity contribution is 14.1. The van der Waals surface area contributed by atoms with E-state index in [-0.39, 0.29) is 0 Å². The minimum absolute atomic E-state index is 1.05. The number of hydrogen-bond acceptors (Lipinski definition) is 1. The number of benzene rings is 1. The topological polar surface area (TPSA) is 12.9 Å². The molecular weight excluding hydrogens is 273 g/mol. The van der Waals surface area contributed by atoms with E-state index in [1.54, 1.807) is 0 Å². The van der Waals surface area contributed by atoms with Crippen LogP contribution < -0.4 is 0 Å². The van der Waals surface area contributed by atoms with Crippen LogP contribution in [0.1, 0.15) is 5.56 Å². The van der Waals surface area contributed by atoms with Gasteiger partial charge >= 0.3 is 0 Å². The number of fused-ring (bicyclic) bond motifs is 1. The van der Waals surface area contributed by atoms with Gasteiger partial charge in [-0.3, -0.25) is 4.98 Å². The number of aromatic nitrogens is 1. The molecule has 0 amide bonds. The summed E-state index contributed by atoms with van der Waals surface area (Å²) in [7, 11) is 0. The molecule has 0 atom stereocenters. The van der Waals surface area contributed by atoms with Crippen molar-refractivity contribution in [1.29, 1.82) is 0 Å². The van der Waals surface area contributed by atoms with E-state index < -0.39 is 0 Å². The summed E-state index contributed by atoms with van der Waals surface area (Å²) in [6.45, 7) is 0. The van der Waals surface area contributed by atoms with Crippen molar-refractivity contribution in [3.05, 3.63) is 46.2 Å². The molecule has 0 bridgehead atoms. The smallest absolute Gasteiger partial charge is 0.0702 e. The molecule has 0 saturated heterocycles. The van der Waals surface area contributed by atoms with E-state index in [9.17, 15) is 0 Å². The SMILES string of the molecule is I/C=C\c1cnc2ccccc2c1. The summed E-state index contributed by atoms with van der Waals surface area (Å²) in [5.41, 5.74) is 2.20. The molecule has 0 aliphatic heterocycles. The van der Waals surface area contributed by atoms with E-state index >= 15 is 0 Å². The molecule has 0 saturated carbocycles. The Kier molecular flexibility index (Phi) is 2.59. The van der Waals surface area contributed by atoms with E-state index in [4.69, 9.17) is 0 Å². The van der Waals surface area contributed by atoms with Crippen LogP contribution in [0.25, 0.3) is 17.0 Å². The molecule has 64 valence electrons. The van der Waals surface area contributed by atoms with Gasteiger partial charge in [0, 0.05) is 11.6 Å². The number of pyridine rings is 1. The lowest BCUT2D eigenvalue weighted by Gasteiger charge is -1.97. The Labute approximate surface area is 90.6 Å². The predicted octanol–water partition coefficient (Wildman–Crippen LogP) is 3.64. The third-order valence-corrected chi connectivity index (χ3v) is 2.23. The van der Waals surface area contributed by atoms with Gasteiger partial charge in [0.2, 0.25) is 0 Å². The number of para-hydroxylation sites is 1. The Morgan fingerprint density at radius 2 is 2.08 bits per heavy atom. The van der Waals surface area contributed by atoms with Crippen molar-refractivity contribution in [3.8, 4) is 0 Å². The van der Waals surface area contributed by atoms with Gasteiger partial charge in [-0.2, -0.15) is 0 Å². The molecule has 2 rings (SSSR count). The van der Waals surface area contributed by atoms with E-state index in [0.717, 1.165) is 11.1 Å². The second kappa shape index (κ2) is 3.87. The molecule has 2 aromatic rings. The highest BCUT2D eigenvalue weighted by atomic mass is 127. The molecular formula is C11H8IN. The average Bonchev–Trinajstić information content (AvgIpc) is 2.18. The summed E-state index contributed by atoms with van der Waals surface area (Å²) in [5, 5.41) is 1.19. The van der Waals surface area contributed by atoms with E-state index in [1.165, 1.54) is 5.39 Å². The highest BCUT2D eigenvalue weighted by Gasteiger charge is 1.92. The molecule has 0 fully saturated rings. The van der Waals surface area contributed by atoms with Crippen molar-refractivity contribution in [2.24, 2.45) is 0 Å². The number of nitrogens with zero attached hydrogens (tertiary/aromatic N) is 1. The lowest BCUT2D eigenvalue weighted by molar-refractivity contribution is 1.40. The molecule has 0 unspecified atom stereocenters. The van der Waals surface area contributed by atoms with Crippen LogP contribution in [0.15, 0.2) is 40.6 Å². The van der Waals surface area contributed by atoms with Crippen molar-refractivity contribution in [2.75, 3.05) is 0 Å². The fourth-order valence-corrected chi connectivity index (χ4v) is 1.67. The lowest BCUT2D eigenvalue weighted by Crippen LogP contribution is -1.79. The van der Waals surface area contributed by atoms with Crippen LogP contribution in [-0.4, -0.2) is 4.98 Å². The summed E-state index contributed by atoms with van der Waals surface area (Å²) in [6, 6.07) is 10.3. The minimum Gasteiger partial charge on any atom is -0.256 e. The zero-order valence-corrected chi connectivity index (χ0v) is 9.10. The van der Waals surface area contributed by atoms with Crippen molar-refractivity contribution < 1.29 is 0 Å². The average molecular weight is 281 g/mol. The first-order chi connectivity index (χ1) is 6.40. The van der Waals surface area contributed by atoms with Gasteiger partial charge in [0.15, 0.2) is 0 Å². The highest BCUT2D eigenvalue weighted by Crippen LogP contribution is 2.13. The quantitative estimate of drug-likeness (QED) is 0.727. The largest absolute Gasteiger partial charge is 0.256 e. The first kappa shape index (κ1) is 8.69. The zero-order valence-electron chi connectivity index (χ0n) is 6.94. The second-order valence-corrected chi connectivity index (χ2v) is 3.47. The van der Waals surface area contributed by atoms with Crippen LogP contribution in [0, 0.1) is 0 Å². The van der Waals surface area contributed by atoms with Crippen molar-refractivity contribution in [1.82, 2.24) is 4.98 Å². The van der Waals surface area contributed by atoms with Crippen LogP contribution >= 0.6 is 22.6 Å². The first-order valence-corrected chi connectivity index (χ1v) is 5.26. The molecule has 1 aromatic carbocycles. The summed E-state index contributed by atoms with van der Waals surface area (Å²) >= 11 is 2.21. The number of hydrogen-bond donors (Lipinski definition) is 0. The maximum Gasteiger partial charge on any atom is 0.0702 e. The maximum absolute atomic E-state index is 4.35. The molecule has 0 radical (unpaired) electrons. The molecule has 0 N–H and O–H groups in total. The van der Waals surface area contributed by atoms with Gasteiger partial charge < -0.3 is 0 Å². The third kappa shape index (κ3) is 1.88. The molecule has 1 aromatic heterocycles. The van der Waals surface area contributed by atoms with E-state index in [2.05, 4.69) is 39.7 Å². The van der Waals surface area contributed by atoms with Crippen LogP contribution in [0.3, 0.4) is 0 Å². The van der Waals surface area contributed by atoms with Gasteiger partial charge in [0.05, 0.1) is 5.52 Å². The van der Waals surface area contributed by atoms with Gasteiger partial charge in [0.1, 0.15) is 0 Å². The number of rotatable bonds is 1. The van der Waals surface area contributed by atoms with E-state index in [1.807, 2.05) is 34.6 Å². The van der Waals surface area contributed by atoms with Crippen molar-refractivity contribution in [2.45, 2.75) is 0 Å². The predicted molar refractivity (Wildman–Crippen MR) is 64.8 cm³/mol. The van der Waals surface area contributed by atoms with Gasteiger partial charge in [-0.25, -0.2) is 0 Å². The fraction of sp³-hybridized carbons (Fsp3) is 0. The summed E-state index contributed by atoms with van der Waals surface area (Å²) < 4.78 is 1.99. The van der Waals surface area contributed by atoms with Crippen LogP contribution in [0.2, 0.25) is 0 Å². The fourth-order valence-electron chi connectivity index (χ4n) is 1.25. The first-order valence-electron chi connectivity index (χ1n) is 4.02. The number of halogens is 1. The zero-order chi connectivity index (χ0) is 9.10. The Bertz CT molecular complexity index is 449. The molecule has 13 heavy (non-hydrogen) atoms. The van der Waals surface area contributed by atoms with Crippen molar-refractivity contribution >= 4 is 39.6 Å². The standard InChI is InChI=1S/C11H8IN/c12-6-5-9-7-10-3-1-2-4-11(10)13-8-9/h1-8H/b6-5-. The molecule has 1 heterocycles. The van der Waals surface area contributed by atoms with Gasteiger partial charge in [0.25, 0.3) is 0 Å². The minimum atomic E-state index is 1.05. The van der Waals surface area contributed by atoms with Crippen LogP contribution in [0.4, 0.5) is 0 Å². The molecule has 1 nitrogen and oxygen atoms in total. The Morgan fingerprint density at radius 3 is 2.92 bits per heavy atom. The Morgan fingerprint density at radius 1 is 1.23 bits per heavy atom. The van der Waals surface area contributed by atoms with Crippen LogP contribution in [0.5, 0.6) is 0 Å². The maximum atomic E-state index is 4.35. The molecule has 0 spiro atoms. The van der Waals surface area contributed by atoms with Crippen molar-refractivity contribution in [3.63, 3.8) is 0 Å². The normalized spacial score (nSPS) is 11.2. The second-order valence-electron chi connectivity index (χ2n) is 2.75. The monoisotopic (exact) mass is 281 g/mol. The van der Waals surface area contributed by atoms with Gasteiger partial charge in [-0.15, -0.1) is 0 Å². The summed E-state index contributed by atoms with van der Waals surface area (Å²) in [4.78, 5) is 4.35. The molecule has 2 heteroatoms. The Hall–Kier alpha value is -0.900. The van der Waals surface area contributed by atoms with Crippen LogP contribution in [-0.2, 0) is 0 Å². The third-order valence-electron chi connectivity index (χ3n) is 1.87. The summed E-state index contributed by atoms with van der Waals surface area (Å²) in [6.07, 6.45) is 3.93. The lowest BCUT2D eigenvalue weighted by atomic mass is 10.2. The van der Waals surface area contributed by atoms with Gasteiger partial charge in [-0.05, 0) is 27.9 Å². The Balaban J connectivity index is 2.62. The summed E-state index contributed by atoms with van der Waals surface area (Å²) in [5.74, 6) is 0. The molecule has 0 aliphatic rings.